The van der Waals surface area contributed by atoms with Crippen molar-refractivity contribution < 1.29 is 9.47 Å². The van der Waals surface area contributed by atoms with Crippen LogP contribution in [0, 0.1) is 0 Å². The Morgan fingerprint density at radius 2 is 0.475 bits per heavy atom. The van der Waals surface area contributed by atoms with Crippen molar-refractivity contribution in [1.29, 1.82) is 0 Å². The fourth-order valence-electron chi connectivity index (χ4n) is 8.94. The molecule has 2 rings (SSSR count). The van der Waals surface area contributed by atoms with Crippen LogP contribution in [-0.2, 0) is 0 Å². The van der Waals surface area contributed by atoms with E-state index in [1.165, 1.54) is 274 Å². The Morgan fingerprint density at radius 1 is 0.262 bits per heavy atom. The van der Waals surface area contributed by atoms with Crippen LogP contribution in [0.25, 0.3) is 0 Å². The zero-order valence-corrected chi connectivity index (χ0v) is 42.2. The Bertz CT molecular complexity index is 1060. The van der Waals surface area contributed by atoms with E-state index in [-0.39, 0.29) is 7.92 Å². The predicted molar refractivity (Wildman–Crippen MR) is 277 cm³/mol. The van der Waals surface area contributed by atoms with Crippen LogP contribution in [-0.4, -0.2) is 19.4 Å². The standard InChI is InChI=1S/C58H103O2P/c1-4-7-10-13-16-19-21-23-25-27-29-31-33-35-38-41-52-59-55-44-48-57(49-45-55)61(54-43-40-37-18-15-12-9-6-3)58-50-46-56(47-51-58)60-53-42-39-36-34-32-30-28-26-24-22-20-17-14-11-8-5-2/h44-51H,4-43,52-54H2,1-3H3. The second-order valence-corrected chi connectivity index (χ2v) is 21.3. The van der Waals surface area contributed by atoms with Gasteiger partial charge in [0.2, 0.25) is 0 Å². The van der Waals surface area contributed by atoms with Gasteiger partial charge in [0.05, 0.1) is 13.2 Å². The molecule has 0 aliphatic carbocycles. The Labute approximate surface area is 383 Å². The average molecular weight is 863 g/mol. The van der Waals surface area contributed by atoms with E-state index >= 15 is 0 Å². The highest BCUT2D eigenvalue weighted by atomic mass is 31.1. The van der Waals surface area contributed by atoms with Gasteiger partial charge in [0.25, 0.3) is 0 Å². The first kappa shape index (κ1) is 55.6. The topological polar surface area (TPSA) is 18.5 Å². The molecule has 0 fully saturated rings. The molecule has 0 bridgehead atoms. The van der Waals surface area contributed by atoms with Crippen LogP contribution >= 0.6 is 7.92 Å². The lowest BCUT2D eigenvalue weighted by Crippen LogP contribution is -2.14. The maximum absolute atomic E-state index is 6.23. The molecule has 0 radical (unpaired) electrons. The average Bonchev–Trinajstić information content (AvgIpc) is 3.28. The second-order valence-electron chi connectivity index (χ2n) is 18.9. The van der Waals surface area contributed by atoms with Gasteiger partial charge >= 0.3 is 0 Å². The molecule has 0 aliphatic heterocycles. The monoisotopic (exact) mass is 863 g/mol. The van der Waals surface area contributed by atoms with Gasteiger partial charge < -0.3 is 9.47 Å². The van der Waals surface area contributed by atoms with Gasteiger partial charge in [-0.2, -0.15) is 0 Å². The molecule has 0 aliphatic rings. The van der Waals surface area contributed by atoms with Gasteiger partial charge in [0.1, 0.15) is 11.5 Å². The zero-order chi connectivity index (χ0) is 43.4. The molecule has 352 valence electrons. The van der Waals surface area contributed by atoms with E-state index in [9.17, 15) is 0 Å². The van der Waals surface area contributed by atoms with Gasteiger partial charge in [-0.25, -0.2) is 0 Å². The molecule has 0 N–H and O–H groups in total. The number of hydrogen-bond donors (Lipinski definition) is 0. The summed E-state index contributed by atoms with van der Waals surface area (Å²) in [4.78, 5) is 0. The zero-order valence-electron chi connectivity index (χ0n) is 41.3. The summed E-state index contributed by atoms with van der Waals surface area (Å²) >= 11 is 0. The van der Waals surface area contributed by atoms with E-state index in [2.05, 4.69) is 69.3 Å². The molecule has 0 heterocycles. The second kappa shape index (κ2) is 43.7. The first-order valence-electron chi connectivity index (χ1n) is 27.5. The van der Waals surface area contributed by atoms with E-state index < -0.39 is 0 Å². The molecular formula is C58H103O2P. The molecule has 3 heteroatoms. The van der Waals surface area contributed by atoms with Crippen LogP contribution in [0.4, 0.5) is 0 Å². The summed E-state index contributed by atoms with van der Waals surface area (Å²) in [6.45, 7) is 8.60. The quantitative estimate of drug-likeness (QED) is 0.0488. The summed E-state index contributed by atoms with van der Waals surface area (Å²) < 4.78 is 12.5. The molecule has 61 heavy (non-hydrogen) atoms. The number of unbranched alkanes of at least 4 members (excludes halogenated alkanes) is 37. The van der Waals surface area contributed by atoms with Crippen molar-refractivity contribution in [3.8, 4) is 11.5 Å². The first-order chi connectivity index (χ1) is 30.3. The maximum Gasteiger partial charge on any atom is 0.119 e. The van der Waals surface area contributed by atoms with E-state index in [1.807, 2.05) is 0 Å². The number of ether oxygens (including phenoxy) is 2. The Balaban J connectivity index is 1.63. The van der Waals surface area contributed by atoms with E-state index in [4.69, 9.17) is 9.47 Å². The molecule has 0 spiro atoms. The fourth-order valence-corrected chi connectivity index (χ4v) is 11.3. The molecule has 0 amide bonds. The Hall–Kier alpha value is -1.53. The molecule has 0 saturated heterocycles. The normalized spacial score (nSPS) is 11.5. The smallest absolute Gasteiger partial charge is 0.119 e. The lowest BCUT2D eigenvalue weighted by atomic mass is 10.0. The minimum absolute atomic E-state index is 0.387. The van der Waals surface area contributed by atoms with Gasteiger partial charge in [-0.05, 0) is 68.2 Å². The molecule has 2 aromatic rings. The minimum atomic E-state index is -0.387. The van der Waals surface area contributed by atoms with Crippen molar-refractivity contribution in [2.75, 3.05) is 19.4 Å². The third-order valence-electron chi connectivity index (χ3n) is 13.1. The van der Waals surface area contributed by atoms with Gasteiger partial charge in [0.15, 0.2) is 0 Å². The van der Waals surface area contributed by atoms with Crippen molar-refractivity contribution in [1.82, 2.24) is 0 Å². The third kappa shape index (κ3) is 33.6. The molecular weight excluding hydrogens is 760 g/mol. The lowest BCUT2D eigenvalue weighted by Gasteiger charge is -2.20. The molecule has 0 atom stereocenters. The lowest BCUT2D eigenvalue weighted by molar-refractivity contribution is 0.304. The highest BCUT2D eigenvalue weighted by Gasteiger charge is 2.14. The molecule has 0 saturated carbocycles. The van der Waals surface area contributed by atoms with Crippen LogP contribution in [0.3, 0.4) is 0 Å². The molecule has 2 nitrogen and oxygen atoms in total. The van der Waals surface area contributed by atoms with Crippen LogP contribution in [0.15, 0.2) is 48.5 Å². The number of benzene rings is 2. The van der Waals surface area contributed by atoms with Crippen LogP contribution in [0.5, 0.6) is 11.5 Å². The van der Waals surface area contributed by atoms with Crippen molar-refractivity contribution in [3.05, 3.63) is 48.5 Å². The SMILES string of the molecule is CCCCCCCCCCCCCCCCCCOc1ccc(P(CCCCCCCCCC)c2ccc(OCCCCCCCCCCCCCCCCCC)cc2)cc1. The van der Waals surface area contributed by atoms with Crippen LogP contribution < -0.4 is 20.1 Å². The van der Waals surface area contributed by atoms with E-state index in [0.717, 1.165) is 24.7 Å². The summed E-state index contributed by atoms with van der Waals surface area (Å²) in [6, 6.07) is 18.4. The van der Waals surface area contributed by atoms with Crippen molar-refractivity contribution >= 4 is 18.5 Å². The van der Waals surface area contributed by atoms with Crippen molar-refractivity contribution in [2.45, 2.75) is 278 Å². The number of rotatable bonds is 47. The predicted octanol–water partition coefficient (Wildman–Crippen LogP) is 19.5. The molecule has 2 aromatic carbocycles. The summed E-state index contributed by atoms with van der Waals surface area (Å²) in [7, 11) is -0.387. The third-order valence-corrected chi connectivity index (χ3v) is 15.7. The fraction of sp³-hybridized carbons (Fsp3) is 0.793. The maximum atomic E-state index is 6.23. The number of hydrogen-bond acceptors (Lipinski definition) is 2. The summed E-state index contributed by atoms with van der Waals surface area (Å²) in [6.07, 6.45) is 57.1. The largest absolute Gasteiger partial charge is 0.494 e. The van der Waals surface area contributed by atoms with E-state index in [0.29, 0.717) is 0 Å². The van der Waals surface area contributed by atoms with Gasteiger partial charge in [-0.3, -0.25) is 0 Å². The highest BCUT2D eigenvalue weighted by Crippen LogP contribution is 2.36. The summed E-state index contributed by atoms with van der Waals surface area (Å²) in [5.41, 5.74) is 0. The summed E-state index contributed by atoms with van der Waals surface area (Å²) in [5.74, 6) is 2.06. The van der Waals surface area contributed by atoms with Gasteiger partial charge in [-0.15, -0.1) is 0 Å². The molecule has 0 unspecified atom stereocenters. The summed E-state index contributed by atoms with van der Waals surface area (Å²) in [5, 5.41) is 2.96. The van der Waals surface area contributed by atoms with Crippen molar-refractivity contribution in [2.24, 2.45) is 0 Å². The van der Waals surface area contributed by atoms with Gasteiger partial charge in [0, 0.05) is 0 Å². The van der Waals surface area contributed by atoms with E-state index in [1.54, 1.807) is 0 Å². The van der Waals surface area contributed by atoms with Crippen LogP contribution in [0.2, 0.25) is 0 Å². The van der Waals surface area contributed by atoms with Crippen molar-refractivity contribution in [3.63, 3.8) is 0 Å². The first-order valence-corrected chi connectivity index (χ1v) is 29.0. The Morgan fingerprint density at radius 3 is 0.721 bits per heavy atom. The molecule has 0 aromatic heterocycles. The minimum Gasteiger partial charge on any atom is -0.494 e. The highest BCUT2D eigenvalue weighted by molar-refractivity contribution is 7.73. The Kier molecular flexibility index (Phi) is 39.8. The van der Waals surface area contributed by atoms with Crippen LogP contribution in [0.1, 0.15) is 278 Å². The van der Waals surface area contributed by atoms with Gasteiger partial charge in [-0.1, -0.05) is 283 Å².